The molecule has 2 unspecified atom stereocenters. The summed E-state index contributed by atoms with van der Waals surface area (Å²) in [5, 5.41) is 4.53. The van der Waals surface area contributed by atoms with E-state index >= 15 is 0 Å². The summed E-state index contributed by atoms with van der Waals surface area (Å²) >= 11 is 6.29. The number of nitrogens with one attached hydrogen (secondary N) is 1. The number of halogens is 1. The average molecular weight is 288 g/mol. The van der Waals surface area contributed by atoms with Crippen molar-refractivity contribution in [1.82, 2.24) is 5.32 Å². The van der Waals surface area contributed by atoms with Crippen molar-refractivity contribution in [1.29, 1.82) is 0 Å². The lowest BCUT2D eigenvalue weighted by Crippen LogP contribution is -2.28. The molecule has 0 aliphatic carbocycles. The minimum absolute atomic E-state index is 0.219. The zero-order chi connectivity index (χ0) is 14.5. The van der Waals surface area contributed by atoms with Gasteiger partial charge in [0.2, 0.25) is 0 Å². The molecule has 106 valence electrons. The molecule has 0 amide bonds. The Kier molecular flexibility index (Phi) is 5.22. The van der Waals surface area contributed by atoms with E-state index in [4.69, 9.17) is 11.6 Å². The van der Waals surface area contributed by atoms with Crippen molar-refractivity contribution in [2.45, 2.75) is 32.9 Å². The highest BCUT2D eigenvalue weighted by molar-refractivity contribution is 6.31. The molecule has 0 saturated heterocycles. The Morgan fingerprint density at radius 2 is 1.45 bits per heavy atom. The van der Waals surface area contributed by atoms with E-state index in [9.17, 15) is 0 Å². The molecule has 0 spiro atoms. The van der Waals surface area contributed by atoms with E-state index in [-0.39, 0.29) is 6.04 Å². The first-order chi connectivity index (χ1) is 9.59. The van der Waals surface area contributed by atoms with E-state index in [1.807, 2.05) is 18.2 Å². The lowest BCUT2D eigenvalue weighted by atomic mass is 9.94. The van der Waals surface area contributed by atoms with Gasteiger partial charge in [0.25, 0.3) is 0 Å². The first-order valence-electron chi connectivity index (χ1n) is 7.15. The van der Waals surface area contributed by atoms with Gasteiger partial charge >= 0.3 is 0 Å². The molecule has 2 rings (SSSR count). The number of hydrogen-bond acceptors (Lipinski definition) is 1. The SMILES string of the molecule is CC(NC(c1ccccc1)C(C)C)c1ccccc1Cl. The van der Waals surface area contributed by atoms with E-state index in [0.29, 0.717) is 12.0 Å². The van der Waals surface area contributed by atoms with Crippen LogP contribution in [0.2, 0.25) is 5.02 Å². The normalized spacial score (nSPS) is 14.2. The van der Waals surface area contributed by atoms with Crippen molar-refractivity contribution in [3.8, 4) is 0 Å². The number of rotatable bonds is 5. The Hall–Kier alpha value is -1.31. The summed E-state index contributed by atoms with van der Waals surface area (Å²) in [4.78, 5) is 0. The number of benzene rings is 2. The van der Waals surface area contributed by atoms with Crippen LogP contribution >= 0.6 is 11.6 Å². The molecule has 0 saturated carbocycles. The second kappa shape index (κ2) is 6.92. The van der Waals surface area contributed by atoms with Crippen molar-refractivity contribution >= 4 is 11.6 Å². The monoisotopic (exact) mass is 287 g/mol. The van der Waals surface area contributed by atoms with Crippen LogP contribution in [-0.4, -0.2) is 0 Å². The molecular formula is C18H22ClN. The van der Waals surface area contributed by atoms with Crippen LogP contribution in [0.1, 0.15) is 44.0 Å². The zero-order valence-corrected chi connectivity index (χ0v) is 13.1. The standard InChI is InChI=1S/C18H22ClN/c1-13(2)18(15-9-5-4-6-10-15)20-14(3)16-11-7-8-12-17(16)19/h4-14,18,20H,1-3H3. The second-order valence-electron chi connectivity index (χ2n) is 5.54. The first-order valence-corrected chi connectivity index (χ1v) is 7.53. The van der Waals surface area contributed by atoms with Crippen LogP contribution < -0.4 is 5.32 Å². The van der Waals surface area contributed by atoms with Gasteiger partial charge < -0.3 is 5.32 Å². The molecule has 0 radical (unpaired) electrons. The highest BCUT2D eigenvalue weighted by atomic mass is 35.5. The van der Waals surface area contributed by atoms with Gasteiger partial charge in [0, 0.05) is 17.1 Å². The van der Waals surface area contributed by atoms with Gasteiger partial charge in [-0.05, 0) is 30.0 Å². The molecule has 0 fully saturated rings. The molecule has 2 aromatic rings. The Morgan fingerprint density at radius 3 is 2.05 bits per heavy atom. The van der Waals surface area contributed by atoms with Gasteiger partial charge in [0.15, 0.2) is 0 Å². The Bertz CT molecular complexity index is 536. The third-order valence-corrected chi connectivity index (χ3v) is 3.97. The van der Waals surface area contributed by atoms with Crippen molar-refractivity contribution in [3.63, 3.8) is 0 Å². The van der Waals surface area contributed by atoms with Crippen molar-refractivity contribution in [2.75, 3.05) is 0 Å². The van der Waals surface area contributed by atoms with E-state index in [2.05, 4.69) is 62.5 Å². The molecule has 2 aromatic carbocycles. The van der Waals surface area contributed by atoms with E-state index in [1.54, 1.807) is 0 Å². The Morgan fingerprint density at radius 1 is 0.850 bits per heavy atom. The second-order valence-corrected chi connectivity index (χ2v) is 5.95. The summed E-state index contributed by atoms with van der Waals surface area (Å²) in [6.45, 7) is 6.65. The molecule has 0 bridgehead atoms. The lowest BCUT2D eigenvalue weighted by Gasteiger charge is -2.27. The fraction of sp³-hybridized carbons (Fsp3) is 0.333. The molecule has 2 atom stereocenters. The highest BCUT2D eigenvalue weighted by Crippen LogP contribution is 2.28. The summed E-state index contributed by atoms with van der Waals surface area (Å²) in [7, 11) is 0. The van der Waals surface area contributed by atoms with E-state index in [1.165, 1.54) is 5.56 Å². The van der Waals surface area contributed by atoms with E-state index < -0.39 is 0 Å². The molecule has 0 heterocycles. The quantitative estimate of drug-likeness (QED) is 0.777. The summed E-state index contributed by atoms with van der Waals surface area (Å²) in [6, 6.07) is 19.2. The minimum atomic E-state index is 0.219. The molecule has 20 heavy (non-hydrogen) atoms. The van der Waals surface area contributed by atoms with Gasteiger partial charge in [-0.3, -0.25) is 0 Å². The minimum Gasteiger partial charge on any atom is -0.303 e. The predicted molar refractivity (Wildman–Crippen MR) is 87.0 cm³/mol. The maximum absolute atomic E-state index is 6.29. The predicted octanol–water partition coefficient (Wildman–Crippen LogP) is 5.39. The smallest absolute Gasteiger partial charge is 0.0453 e. The molecular weight excluding hydrogens is 266 g/mol. The van der Waals surface area contributed by atoms with Crippen LogP contribution in [0.4, 0.5) is 0 Å². The van der Waals surface area contributed by atoms with Gasteiger partial charge in [-0.2, -0.15) is 0 Å². The lowest BCUT2D eigenvalue weighted by molar-refractivity contribution is 0.374. The Balaban J connectivity index is 2.19. The third-order valence-electron chi connectivity index (χ3n) is 3.63. The largest absolute Gasteiger partial charge is 0.303 e. The molecule has 0 aromatic heterocycles. The van der Waals surface area contributed by atoms with Crippen LogP contribution in [0.15, 0.2) is 54.6 Å². The van der Waals surface area contributed by atoms with Gasteiger partial charge in [-0.1, -0.05) is 74.0 Å². The van der Waals surface area contributed by atoms with Crippen LogP contribution in [0.25, 0.3) is 0 Å². The third kappa shape index (κ3) is 3.62. The summed E-state index contributed by atoms with van der Waals surface area (Å²) in [5.74, 6) is 0.516. The fourth-order valence-electron chi connectivity index (χ4n) is 2.52. The molecule has 1 N–H and O–H groups in total. The topological polar surface area (TPSA) is 12.0 Å². The van der Waals surface area contributed by atoms with Crippen LogP contribution in [0.5, 0.6) is 0 Å². The summed E-state index contributed by atoms with van der Waals surface area (Å²) in [5.41, 5.74) is 2.47. The van der Waals surface area contributed by atoms with Crippen LogP contribution in [0, 0.1) is 5.92 Å². The maximum Gasteiger partial charge on any atom is 0.0453 e. The molecule has 0 aliphatic rings. The van der Waals surface area contributed by atoms with Gasteiger partial charge in [0.05, 0.1) is 0 Å². The molecule has 2 heteroatoms. The molecule has 1 nitrogen and oxygen atoms in total. The highest BCUT2D eigenvalue weighted by Gasteiger charge is 2.19. The van der Waals surface area contributed by atoms with Crippen molar-refractivity contribution in [2.24, 2.45) is 5.92 Å². The summed E-state index contributed by atoms with van der Waals surface area (Å²) in [6.07, 6.45) is 0. The van der Waals surface area contributed by atoms with Crippen molar-refractivity contribution in [3.05, 3.63) is 70.7 Å². The fourth-order valence-corrected chi connectivity index (χ4v) is 2.82. The first kappa shape index (κ1) is 15.1. The van der Waals surface area contributed by atoms with Crippen LogP contribution in [0.3, 0.4) is 0 Å². The van der Waals surface area contributed by atoms with Crippen LogP contribution in [-0.2, 0) is 0 Å². The van der Waals surface area contributed by atoms with Gasteiger partial charge in [-0.15, -0.1) is 0 Å². The van der Waals surface area contributed by atoms with Gasteiger partial charge in [-0.25, -0.2) is 0 Å². The Labute approximate surface area is 127 Å². The summed E-state index contributed by atoms with van der Waals surface area (Å²) < 4.78 is 0. The number of hydrogen-bond donors (Lipinski definition) is 1. The zero-order valence-electron chi connectivity index (χ0n) is 12.3. The van der Waals surface area contributed by atoms with E-state index in [0.717, 1.165) is 10.6 Å². The average Bonchev–Trinajstić information content (AvgIpc) is 2.45. The van der Waals surface area contributed by atoms with Crippen molar-refractivity contribution < 1.29 is 0 Å². The van der Waals surface area contributed by atoms with Gasteiger partial charge in [0.1, 0.15) is 0 Å². The maximum atomic E-state index is 6.29. The molecule has 0 aliphatic heterocycles.